The Bertz CT molecular complexity index is 848. The lowest BCUT2D eigenvalue weighted by molar-refractivity contribution is -0.688. The molecule has 0 aliphatic carbocycles. The van der Waals surface area contributed by atoms with E-state index in [1.807, 2.05) is 30.6 Å². The van der Waals surface area contributed by atoms with E-state index >= 15 is 0 Å². The third kappa shape index (κ3) is 3.64. The fraction of sp³-hybridized carbons (Fsp3) is 0.0435. The van der Waals surface area contributed by atoms with Crippen LogP contribution in [0.3, 0.4) is 0 Å². The van der Waals surface area contributed by atoms with E-state index in [0.717, 1.165) is 6.54 Å². The van der Waals surface area contributed by atoms with Crippen molar-refractivity contribution in [1.82, 2.24) is 4.98 Å². The highest BCUT2D eigenvalue weighted by atomic mass is 14.9. The third-order valence-corrected chi connectivity index (χ3v) is 4.33. The lowest BCUT2D eigenvalue weighted by Gasteiger charge is -2.04. The van der Waals surface area contributed by atoms with Crippen LogP contribution in [-0.2, 0) is 6.54 Å². The van der Waals surface area contributed by atoms with Crippen molar-refractivity contribution < 1.29 is 4.57 Å². The first kappa shape index (κ1) is 15.3. The predicted octanol–water partition coefficient (Wildman–Crippen LogP) is 4.75. The SMILES string of the molecule is c1ccc(-c2ccc(C[n+]3ccc(-c4ccncc4)cc3)cc2)cc1. The van der Waals surface area contributed by atoms with Crippen LogP contribution in [0.4, 0.5) is 0 Å². The molecule has 4 aromatic rings. The number of benzene rings is 2. The molecule has 0 unspecified atom stereocenters. The van der Waals surface area contributed by atoms with E-state index in [1.165, 1.54) is 27.8 Å². The number of pyridine rings is 2. The van der Waals surface area contributed by atoms with Gasteiger partial charge >= 0.3 is 0 Å². The first-order chi connectivity index (χ1) is 12.4. The van der Waals surface area contributed by atoms with Crippen molar-refractivity contribution in [1.29, 1.82) is 0 Å². The first-order valence-electron chi connectivity index (χ1n) is 8.42. The summed E-state index contributed by atoms with van der Waals surface area (Å²) in [7, 11) is 0. The largest absolute Gasteiger partial charge is 0.265 e. The van der Waals surface area contributed by atoms with Gasteiger partial charge in [0.15, 0.2) is 18.9 Å². The molecule has 0 saturated heterocycles. The van der Waals surface area contributed by atoms with E-state index in [0.29, 0.717) is 0 Å². The Kier molecular flexibility index (Phi) is 4.34. The van der Waals surface area contributed by atoms with Crippen LogP contribution in [0.25, 0.3) is 22.3 Å². The molecule has 2 aromatic carbocycles. The topological polar surface area (TPSA) is 16.8 Å². The molecule has 120 valence electrons. The molecule has 2 nitrogen and oxygen atoms in total. The van der Waals surface area contributed by atoms with Crippen molar-refractivity contribution in [2.45, 2.75) is 6.54 Å². The predicted molar refractivity (Wildman–Crippen MR) is 101 cm³/mol. The Morgan fingerprint density at radius 3 is 1.80 bits per heavy atom. The maximum absolute atomic E-state index is 4.07. The van der Waals surface area contributed by atoms with Gasteiger partial charge < -0.3 is 0 Å². The molecule has 0 aliphatic heterocycles. The standard InChI is InChI=1S/C23H19N2/c1-2-4-20(5-3-1)21-8-6-19(7-9-21)18-25-16-12-23(13-17-25)22-10-14-24-15-11-22/h1-17H,18H2/q+1. The van der Waals surface area contributed by atoms with Gasteiger partial charge in [-0.15, -0.1) is 0 Å². The molecular weight excluding hydrogens is 304 g/mol. The van der Waals surface area contributed by atoms with E-state index in [4.69, 9.17) is 0 Å². The van der Waals surface area contributed by atoms with Gasteiger partial charge in [0, 0.05) is 30.1 Å². The Morgan fingerprint density at radius 2 is 1.12 bits per heavy atom. The monoisotopic (exact) mass is 323 g/mol. The fourth-order valence-electron chi connectivity index (χ4n) is 2.94. The van der Waals surface area contributed by atoms with Crippen LogP contribution < -0.4 is 4.57 Å². The second-order valence-corrected chi connectivity index (χ2v) is 6.06. The molecule has 0 aliphatic rings. The summed E-state index contributed by atoms with van der Waals surface area (Å²) in [5, 5.41) is 0. The second-order valence-electron chi connectivity index (χ2n) is 6.06. The average molecular weight is 323 g/mol. The highest BCUT2D eigenvalue weighted by molar-refractivity contribution is 5.63. The summed E-state index contributed by atoms with van der Waals surface area (Å²) in [6.45, 7) is 0.867. The van der Waals surface area contributed by atoms with E-state index in [9.17, 15) is 0 Å². The van der Waals surface area contributed by atoms with E-state index in [2.05, 4.69) is 82.6 Å². The van der Waals surface area contributed by atoms with Crippen LogP contribution in [0, 0.1) is 0 Å². The highest BCUT2D eigenvalue weighted by Crippen LogP contribution is 2.19. The quantitative estimate of drug-likeness (QED) is 0.495. The Hall–Kier alpha value is -3.26. The van der Waals surface area contributed by atoms with Crippen LogP contribution >= 0.6 is 0 Å². The van der Waals surface area contributed by atoms with Gasteiger partial charge in [0.2, 0.25) is 0 Å². The zero-order valence-electron chi connectivity index (χ0n) is 13.9. The van der Waals surface area contributed by atoms with Gasteiger partial charge in [-0.1, -0.05) is 54.6 Å². The molecule has 0 N–H and O–H groups in total. The summed E-state index contributed by atoms with van der Waals surface area (Å²) in [4.78, 5) is 4.07. The summed E-state index contributed by atoms with van der Waals surface area (Å²) >= 11 is 0. The minimum Gasteiger partial charge on any atom is -0.265 e. The first-order valence-corrected chi connectivity index (χ1v) is 8.42. The lowest BCUT2D eigenvalue weighted by Crippen LogP contribution is -2.32. The third-order valence-electron chi connectivity index (χ3n) is 4.33. The molecular formula is C23H19N2+. The van der Waals surface area contributed by atoms with E-state index in [-0.39, 0.29) is 0 Å². The summed E-state index contributed by atoms with van der Waals surface area (Å²) in [5.74, 6) is 0. The zero-order valence-corrected chi connectivity index (χ0v) is 13.9. The minimum atomic E-state index is 0.867. The van der Waals surface area contributed by atoms with Crippen molar-refractivity contribution in [3.8, 4) is 22.3 Å². The summed E-state index contributed by atoms with van der Waals surface area (Å²) in [6.07, 6.45) is 7.90. The van der Waals surface area contributed by atoms with Crippen LogP contribution in [0.2, 0.25) is 0 Å². The van der Waals surface area contributed by atoms with Crippen molar-refractivity contribution in [2.75, 3.05) is 0 Å². The maximum Gasteiger partial charge on any atom is 0.173 e. The van der Waals surface area contributed by atoms with Gasteiger partial charge in [-0.25, -0.2) is 4.57 Å². The molecule has 2 heterocycles. The van der Waals surface area contributed by atoms with E-state index < -0.39 is 0 Å². The number of nitrogens with zero attached hydrogens (tertiary/aromatic N) is 2. The fourth-order valence-corrected chi connectivity index (χ4v) is 2.94. The summed E-state index contributed by atoms with van der Waals surface area (Å²) in [6, 6.07) is 27.6. The van der Waals surface area contributed by atoms with Gasteiger partial charge in [-0.05, 0) is 34.4 Å². The van der Waals surface area contributed by atoms with Gasteiger partial charge in [0.25, 0.3) is 0 Å². The second kappa shape index (κ2) is 7.10. The molecule has 0 spiro atoms. The Morgan fingerprint density at radius 1 is 0.560 bits per heavy atom. The Balaban J connectivity index is 1.49. The zero-order chi connectivity index (χ0) is 16.9. The number of aromatic nitrogens is 2. The number of hydrogen-bond donors (Lipinski definition) is 0. The molecule has 2 aromatic heterocycles. The minimum absolute atomic E-state index is 0.867. The number of rotatable bonds is 4. The normalized spacial score (nSPS) is 10.6. The van der Waals surface area contributed by atoms with Crippen molar-refractivity contribution in [2.24, 2.45) is 0 Å². The molecule has 2 heteroatoms. The van der Waals surface area contributed by atoms with Gasteiger partial charge in [0.1, 0.15) is 0 Å². The molecule has 0 bridgehead atoms. The average Bonchev–Trinajstić information content (AvgIpc) is 2.71. The molecule has 0 saturated carbocycles. The molecule has 0 atom stereocenters. The molecule has 0 amide bonds. The lowest BCUT2D eigenvalue weighted by atomic mass is 10.0. The van der Waals surface area contributed by atoms with Gasteiger partial charge in [-0.2, -0.15) is 0 Å². The smallest absolute Gasteiger partial charge is 0.173 e. The molecule has 0 fully saturated rings. The molecule has 0 radical (unpaired) electrons. The molecule has 25 heavy (non-hydrogen) atoms. The number of hydrogen-bond acceptors (Lipinski definition) is 1. The van der Waals surface area contributed by atoms with Crippen molar-refractivity contribution >= 4 is 0 Å². The van der Waals surface area contributed by atoms with Crippen LogP contribution in [0.5, 0.6) is 0 Å². The van der Waals surface area contributed by atoms with Gasteiger partial charge in [-0.3, -0.25) is 4.98 Å². The maximum atomic E-state index is 4.07. The Labute approximate surface area is 148 Å². The van der Waals surface area contributed by atoms with Crippen molar-refractivity contribution in [3.05, 3.63) is 109 Å². The highest BCUT2D eigenvalue weighted by Gasteiger charge is 2.05. The van der Waals surface area contributed by atoms with Crippen LogP contribution in [0.15, 0.2) is 104 Å². The van der Waals surface area contributed by atoms with Crippen LogP contribution in [0.1, 0.15) is 5.56 Å². The van der Waals surface area contributed by atoms with Crippen LogP contribution in [-0.4, -0.2) is 4.98 Å². The van der Waals surface area contributed by atoms with Crippen molar-refractivity contribution in [3.63, 3.8) is 0 Å². The van der Waals surface area contributed by atoms with E-state index in [1.54, 1.807) is 0 Å². The summed E-state index contributed by atoms with van der Waals surface area (Å²) in [5.41, 5.74) is 6.19. The summed E-state index contributed by atoms with van der Waals surface area (Å²) < 4.78 is 2.20. The molecule has 4 rings (SSSR count). The van der Waals surface area contributed by atoms with Gasteiger partial charge in [0.05, 0.1) is 0 Å².